The number of hydrogen-bond acceptors (Lipinski definition) is 4. The second-order valence-corrected chi connectivity index (χ2v) is 5.52. The summed E-state index contributed by atoms with van der Waals surface area (Å²) in [5, 5.41) is 9.70. The zero-order chi connectivity index (χ0) is 11.3. The lowest BCUT2D eigenvalue weighted by Gasteiger charge is -2.13. The number of rotatable bonds is 1. The molecule has 2 aliphatic rings. The number of aliphatic carboxylic acids is 1. The van der Waals surface area contributed by atoms with E-state index in [4.69, 9.17) is 5.11 Å². The van der Waals surface area contributed by atoms with Crippen molar-refractivity contribution in [2.24, 2.45) is 4.99 Å². The fourth-order valence-electron chi connectivity index (χ4n) is 1.80. The van der Waals surface area contributed by atoms with Crippen LogP contribution < -0.4 is 4.90 Å². The molecule has 1 aromatic carbocycles. The molecule has 3 rings (SSSR count). The highest BCUT2D eigenvalue weighted by atomic mass is 79.9. The fourth-order valence-corrected chi connectivity index (χ4v) is 3.44. The van der Waals surface area contributed by atoms with Crippen LogP contribution in [-0.4, -0.2) is 28.8 Å². The summed E-state index contributed by atoms with van der Waals surface area (Å²) >= 11 is 4.94. The largest absolute Gasteiger partial charge is 0.480 e. The molecule has 0 spiro atoms. The van der Waals surface area contributed by atoms with Gasteiger partial charge in [0, 0.05) is 9.37 Å². The predicted molar refractivity (Wildman–Crippen MR) is 66.2 cm³/mol. The second-order valence-electron chi connectivity index (χ2n) is 3.59. The lowest BCUT2D eigenvalue weighted by atomic mass is 10.2. The number of carbonyl (C=O) groups is 1. The summed E-state index contributed by atoms with van der Waals surface area (Å²) in [6.07, 6.45) is 0. The van der Waals surface area contributed by atoms with Crippen molar-refractivity contribution in [3.63, 3.8) is 0 Å². The third-order valence-corrected chi connectivity index (χ3v) is 4.10. The van der Waals surface area contributed by atoms with Crippen LogP contribution in [0, 0.1) is 0 Å². The highest BCUT2D eigenvalue weighted by Gasteiger charge is 2.36. The van der Waals surface area contributed by atoms with Gasteiger partial charge in [-0.25, -0.2) is 9.79 Å². The van der Waals surface area contributed by atoms with E-state index in [1.54, 1.807) is 0 Å². The monoisotopic (exact) mass is 298 g/mol. The molecule has 1 aromatic rings. The van der Waals surface area contributed by atoms with Crippen LogP contribution in [-0.2, 0) is 4.79 Å². The Morgan fingerprint density at radius 3 is 3.19 bits per heavy atom. The summed E-state index contributed by atoms with van der Waals surface area (Å²) in [7, 11) is 0. The number of carboxylic acids is 1. The van der Waals surface area contributed by atoms with E-state index >= 15 is 0 Å². The number of benzene rings is 1. The minimum atomic E-state index is -0.860. The van der Waals surface area contributed by atoms with Gasteiger partial charge in [-0.05, 0) is 30.0 Å². The maximum atomic E-state index is 10.8. The molecule has 0 bridgehead atoms. The van der Waals surface area contributed by atoms with Gasteiger partial charge >= 0.3 is 5.97 Å². The summed E-state index contributed by atoms with van der Waals surface area (Å²) in [6, 6.07) is 5.34. The van der Waals surface area contributed by atoms with Crippen molar-refractivity contribution in [1.29, 1.82) is 0 Å². The van der Waals surface area contributed by atoms with Gasteiger partial charge in [-0.1, -0.05) is 15.9 Å². The lowest BCUT2D eigenvalue weighted by molar-refractivity contribution is -0.137. The standard InChI is InChI=1S/C10H7BrN2O2S/c11-5-1-2-7-8(3-5)16-10-12-6(9(14)15)4-13(7)10/h1-3,6H,4H2,(H,14,15). The zero-order valence-corrected chi connectivity index (χ0v) is 10.5. The maximum absolute atomic E-state index is 10.8. The summed E-state index contributed by atoms with van der Waals surface area (Å²) in [5.74, 6) is -0.860. The van der Waals surface area contributed by atoms with E-state index < -0.39 is 12.0 Å². The van der Waals surface area contributed by atoms with Crippen molar-refractivity contribution in [3.05, 3.63) is 22.7 Å². The number of aliphatic imine (C=N–C) groups is 1. The number of carboxylic acid groups (broad SMARTS) is 1. The molecule has 1 atom stereocenters. The first-order chi connectivity index (χ1) is 7.65. The first-order valence-corrected chi connectivity index (χ1v) is 6.31. The van der Waals surface area contributed by atoms with Gasteiger partial charge in [0.25, 0.3) is 0 Å². The fraction of sp³-hybridized carbons (Fsp3) is 0.200. The molecule has 0 saturated heterocycles. The molecule has 0 aromatic heterocycles. The number of hydrogen-bond donors (Lipinski definition) is 1. The van der Waals surface area contributed by atoms with Gasteiger partial charge < -0.3 is 10.0 Å². The van der Waals surface area contributed by atoms with Crippen LogP contribution in [0.1, 0.15) is 0 Å². The van der Waals surface area contributed by atoms with E-state index in [1.165, 1.54) is 11.8 Å². The Hall–Kier alpha value is -1.01. The molecule has 1 unspecified atom stereocenters. The Bertz CT molecular complexity index is 518. The summed E-state index contributed by atoms with van der Waals surface area (Å²) in [6.45, 7) is 0.437. The van der Waals surface area contributed by atoms with Gasteiger partial charge in [-0.3, -0.25) is 0 Å². The smallest absolute Gasteiger partial charge is 0.330 e. The Kier molecular flexibility index (Phi) is 2.22. The number of fused-ring (bicyclic) bond motifs is 3. The molecule has 1 N–H and O–H groups in total. The van der Waals surface area contributed by atoms with E-state index in [2.05, 4.69) is 20.9 Å². The van der Waals surface area contributed by atoms with E-state index in [9.17, 15) is 4.79 Å². The number of amidine groups is 1. The van der Waals surface area contributed by atoms with Crippen molar-refractivity contribution < 1.29 is 9.90 Å². The van der Waals surface area contributed by atoms with E-state index in [-0.39, 0.29) is 0 Å². The summed E-state index contributed by atoms with van der Waals surface area (Å²) in [4.78, 5) is 18.1. The van der Waals surface area contributed by atoms with Crippen LogP contribution >= 0.6 is 27.7 Å². The highest BCUT2D eigenvalue weighted by Crippen LogP contribution is 2.43. The molecular weight excluding hydrogens is 292 g/mol. The summed E-state index contributed by atoms with van der Waals surface area (Å²) < 4.78 is 1.02. The van der Waals surface area contributed by atoms with Crippen LogP contribution in [0.5, 0.6) is 0 Å². The van der Waals surface area contributed by atoms with E-state index in [1.807, 2.05) is 23.1 Å². The molecule has 0 saturated carbocycles. The van der Waals surface area contributed by atoms with Crippen molar-refractivity contribution in [2.45, 2.75) is 10.9 Å². The average Bonchev–Trinajstić information content (AvgIpc) is 2.73. The van der Waals surface area contributed by atoms with Crippen LogP contribution in [0.25, 0.3) is 0 Å². The quantitative estimate of drug-likeness (QED) is 0.863. The zero-order valence-electron chi connectivity index (χ0n) is 8.05. The topological polar surface area (TPSA) is 52.9 Å². The van der Waals surface area contributed by atoms with Gasteiger partial charge in [0.15, 0.2) is 11.2 Å². The second kappa shape index (κ2) is 3.49. The first-order valence-electron chi connectivity index (χ1n) is 4.71. The van der Waals surface area contributed by atoms with Crippen molar-refractivity contribution in [1.82, 2.24) is 0 Å². The third kappa shape index (κ3) is 1.44. The minimum absolute atomic E-state index is 0.437. The lowest BCUT2D eigenvalue weighted by Crippen LogP contribution is -2.28. The number of nitrogens with zero attached hydrogens (tertiary/aromatic N) is 2. The van der Waals surface area contributed by atoms with Crippen molar-refractivity contribution in [2.75, 3.05) is 11.4 Å². The van der Waals surface area contributed by atoms with E-state index in [0.717, 1.165) is 20.2 Å². The molecule has 2 heterocycles. The predicted octanol–water partition coefficient (Wildman–Crippen LogP) is 2.18. The number of halogens is 1. The van der Waals surface area contributed by atoms with Crippen LogP contribution in [0.15, 0.2) is 32.6 Å². The average molecular weight is 299 g/mol. The normalized spacial score (nSPS) is 21.7. The van der Waals surface area contributed by atoms with Crippen molar-refractivity contribution in [3.8, 4) is 0 Å². The minimum Gasteiger partial charge on any atom is -0.480 e. The molecule has 0 aliphatic carbocycles. The SMILES string of the molecule is O=C(O)C1CN2C(=N1)Sc1cc(Br)ccc12. The van der Waals surface area contributed by atoms with Crippen LogP contribution in [0.3, 0.4) is 0 Å². The Balaban J connectivity index is 1.98. The van der Waals surface area contributed by atoms with Crippen LogP contribution in [0.4, 0.5) is 5.69 Å². The Morgan fingerprint density at radius 1 is 1.62 bits per heavy atom. The van der Waals surface area contributed by atoms with Gasteiger partial charge in [-0.15, -0.1) is 0 Å². The van der Waals surface area contributed by atoms with Gasteiger partial charge in [0.05, 0.1) is 12.2 Å². The van der Waals surface area contributed by atoms with Gasteiger partial charge in [-0.2, -0.15) is 0 Å². The molecule has 6 heteroatoms. The summed E-state index contributed by atoms with van der Waals surface area (Å²) in [5.41, 5.74) is 1.05. The molecule has 4 nitrogen and oxygen atoms in total. The molecule has 2 aliphatic heterocycles. The van der Waals surface area contributed by atoms with Crippen molar-refractivity contribution >= 4 is 44.5 Å². The molecule has 0 amide bonds. The van der Waals surface area contributed by atoms with E-state index in [0.29, 0.717) is 6.54 Å². The Labute approximate surface area is 104 Å². The number of anilines is 1. The maximum Gasteiger partial charge on any atom is 0.330 e. The number of thioether (sulfide) groups is 1. The molecule has 0 radical (unpaired) electrons. The Morgan fingerprint density at radius 2 is 2.44 bits per heavy atom. The van der Waals surface area contributed by atoms with Gasteiger partial charge in [0.2, 0.25) is 0 Å². The first kappa shape index (κ1) is 10.2. The molecule has 16 heavy (non-hydrogen) atoms. The molecule has 82 valence electrons. The third-order valence-electron chi connectivity index (χ3n) is 2.55. The highest BCUT2D eigenvalue weighted by molar-refractivity contribution is 9.10. The molecule has 0 fully saturated rings. The molecular formula is C10H7BrN2O2S. The van der Waals surface area contributed by atoms with Gasteiger partial charge in [0.1, 0.15) is 0 Å². The van der Waals surface area contributed by atoms with Crippen LogP contribution in [0.2, 0.25) is 0 Å².